The average Bonchev–Trinajstić information content (AvgIpc) is 2.20. The van der Waals surface area contributed by atoms with Gasteiger partial charge in [0.25, 0.3) is 0 Å². The predicted molar refractivity (Wildman–Crippen MR) is 64.4 cm³/mol. The van der Waals surface area contributed by atoms with Gasteiger partial charge >= 0.3 is 5.97 Å². The number of hydrogen-bond acceptors (Lipinski definition) is 2. The van der Waals surface area contributed by atoms with Crippen LogP contribution in [-0.2, 0) is 4.79 Å². The standard InChI is InChI=1S/C13H19NO2/c1-3-10(12(14)8-13(15)16)11-7-5-4-6-9(11)2/h4-7,10,12H,3,8,14H2,1-2H3,(H,15,16). The highest BCUT2D eigenvalue weighted by molar-refractivity contribution is 5.67. The van der Waals surface area contributed by atoms with Crippen molar-refractivity contribution in [3.8, 4) is 0 Å². The Kier molecular flexibility index (Phi) is 4.50. The third-order valence-corrected chi connectivity index (χ3v) is 2.95. The van der Waals surface area contributed by atoms with Gasteiger partial charge < -0.3 is 10.8 Å². The van der Waals surface area contributed by atoms with Gasteiger partial charge in [0.2, 0.25) is 0 Å². The van der Waals surface area contributed by atoms with Crippen molar-refractivity contribution in [2.24, 2.45) is 5.73 Å². The molecule has 3 N–H and O–H groups in total. The number of aliphatic carboxylic acids is 1. The topological polar surface area (TPSA) is 63.3 Å². The van der Waals surface area contributed by atoms with Crippen LogP contribution in [0.15, 0.2) is 24.3 Å². The van der Waals surface area contributed by atoms with Crippen molar-refractivity contribution in [1.29, 1.82) is 0 Å². The Balaban J connectivity index is 2.90. The molecule has 0 radical (unpaired) electrons. The molecule has 1 aromatic carbocycles. The molecule has 0 fully saturated rings. The fraction of sp³-hybridized carbons (Fsp3) is 0.462. The number of nitrogens with two attached hydrogens (primary N) is 1. The zero-order valence-electron chi connectivity index (χ0n) is 9.81. The zero-order valence-corrected chi connectivity index (χ0v) is 9.81. The first-order valence-corrected chi connectivity index (χ1v) is 5.59. The van der Waals surface area contributed by atoms with E-state index in [9.17, 15) is 4.79 Å². The number of carboxylic acids is 1. The Morgan fingerprint density at radius 3 is 2.56 bits per heavy atom. The minimum Gasteiger partial charge on any atom is -0.481 e. The molecule has 0 saturated heterocycles. The molecule has 3 nitrogen and oxygen atoms in total. The van der Waals surface area contributed by atoms with Crippen molar-refractivity contribution < 1.29 is 9.90 Å². The van der Waals surface area contributed by atoms with Crippen molar-refractivity contribution >= 4 is 5.97 Å². The summed E-state index contributed by atoms with van der Waals surface area (Å²) >= 11 is 0. The number of carboxylic acid groups (broad SMARTS) is 1. The van der Waals surface area contributed by atoms with Gasteiger partial charge in [-0.3, -0.25) is 4.79 Å². The fourth-order valence-electron chi connectivity index (χ4n) is 2.10. The summed E-state index contributed by atoms with van der Waals surface area (Å²) in [6, 6.07) is 7.70. The van der Waals surface area contributed by atoms with E-state index >= 15 is 0 Å². The highest BCUT2D eigenvalue weighted by atomic mass is 16.4. The normalized spacial score (nSPS) is 14.4. The first-order valence-electron chi connectivity index (χ1n) is 5.59. The minimum atomic E-state index is -0.834. The van der Waals surface area contributed by atoms with E-state index in [0.29, 0.717) is 0 Å². The molecule has 1 rings (SSSR count). The summed E-state index contributed by atoms with van der Waals surface area (Å²) in [5.41, 5.74) is 8.29. The van der Waals surface area contributed by atoms with Crippen LogP contribution >= 0.6 is 0 Å². The summed E-state index contributed by atoms with van der Waals surface area (Å²) in [5.74, 6) is -0.711. The summed E-state index contributed by atoms with van der Waals surface area (Å²) in [6.45, 7) is 4.07. The fourth-order valence-corrected chi connectivity index (χ4v) is 2.10. The van der Waals surface area contributed by atoms with Crippen LogP contribution in [0.25, 0.3) is 0 Å². The van der Waals surface area contributed by atoms with Gasteiger partial charge in [0.1, 0.15) is 0 Å². The molecule has 88 valence electrons. The summed E-state index contributed by atoms with van der Waals surface area (Å²) in [4.78, 5) is 10.7. The van der Waals surface area contributed by atoms with Gasteiger partial charge in [0.15, 0.2) is 0 Å². The van der Waals surface area contributed by atoms with Gasteiger partial charge in [-0.15, -0.1) is 0 Å². The largest absolute Gasteiger partial charge is 0.481 e. The van der Waals surface area contributed by atoms with E-state index in [4.69, 9.17) is 10.8 Å². The number of carbonyl (C=O) groups is 1. The molecule has 0 aliphatic rings. The second-order valence-electron chi connectivity index (χ2n) is 4.13. The van der Waals surface area contributed by atoms with Crippen molar-refractivity contribution in [2.75, 3.05) is 0 Å². The first kappa shape index (κ1) is 12.7. The molecule has 2 unspecified atom stereocenters. The van der Waals surface area contributed by atoms with E-state index in [1.165, 1.54) is 11.1 Å². The van der Waals surface area contributed by atoms with Crippen LogP contribution in [0.1, 0.15) is 36.8 Å². The van der Waals surface area contributed by atoms with Gasteiger partial charge in [-0.05, 0) is 30.4 Å². The monoisotopic (exact) mass is 221 g/mol. The Morgan fingerprint density at radius 1 is 1.44 bits per heavy atom. The maximum atomic E-state index is 10.7. The molecular weight excluding hydrogens is 202 g/mol. The lowest BCUT2D eigenvalue weighted by Gasteiger charge is -2.23. The second kappa shape index (κ2) is 5.66. The van der Waals surface area contributed by atoms with Crippen LogP contribution in [0.2, 0.25) is 0 Å². The summed E-state index contributed by atoms with van der Waals surface area (Å²) in [7, 11) is 0. The lowest BCUT2D eigenvalue weighted by atomic mass is 9.85. The van der Waals surface area contributed by atoms with Crippen LogP contribution in [0.5, 0.6) is 0 Å². The van der Waals surface area contributed by atoms with E-state index in [1.807, 2.05) is 38.1 Å². The molecule has 0 saturated carbocycles. The number of hydrogen-bond donors (Lipinski definition) is 2. The van der Waals surface area contributed by atoms with E-state index in [2.05, 4.69) is 0 Å². The quantitative estimate of drug-likeness (QED) is 0.801. The van der Waals surface area contributed by atoms with Gasteiger partial charge in [-0.2, -0.15) is 0 Å². The van der Waals surface area contributed by atoms with Crippen molar-refractivity contribution in [1.82, 2.24) is 0 Å². The summed E-state index contributed by atoms with van der Waals surface area (Å²) < 4.78 is 0. The van der Waals surface area contributed by atoms with Gasteiger partial charge in [-0.1, -0.05) is 31.2 Å². The Bertz CT molecular complexity index is 363. The van der Waals surface area contributed by atoms with Gasteiger partial charge in [0.05, 0.1) is 6.42 Å². The first-order chi connectivity index (χ1) is 7.56. The lowest BCUT2D eigenvalue weighted by Crippen LogP contribution is -2.31. The highest BCUT2D eigenvalue weighted by Gasteiger charge is 2.21. The SMILES string of the molecule is CCC(c1ccccc1C)C(N)CC(=O)O. The van der Waals surface area contributed by atoms with Gasteiger partial charge in [0, 0.05) is 6.04 Å². The minimum absolute atomic E-state index is 0.0207. The Morgan fingerprint density at radius 2 is 2.06 bits per heavy atom. The molecule has 2 atom stereocenters. The highest BCUT2D eigenvalue weighted by Crippen LogP contribution is 2.26. The smallest absolute Gasteiger partial charge is 0.304 e. The molecule has 1 aromatic rings. The third kappa shape index (κ3) is 3.07. The van der Waals surface area contributed by atoms with E-state index in [-0.39, 0.29) is 18.4 Å². The van der Waals surface area contributed by atoms with Gasteiger partial charge in [-0.25, -0.2) is 0 Å². The molecule has 0 spiro atoms. The van der Waals surface area contributed by atoms with Crippen LogP contribution in [-0.4, -0.2) is 17.1 Å². The van der Waals surface area contributed by atoms with E-state index in [1.54, 1.807) is 0 Å². The number of rotatable bonds is 5. The second-order valence-corrected chi connectivity index (χ2v) is 4.13. The van der Waals surface area contributed by atoms with Crippen LogP contribution in [0, 0.1) is 6.92 Å². The van der Waals surface area contributed by atoms with E-state index < -0.39 is 5.97 Å². The van der Waals surface area contributed by atoms with Crippen molar-refractivity contribution in [3.05, 3.63) is 35.4 Å². The zero-order chi connectivity index (χ0) is 12.1. The predicted octanol–water partition coefficient (Wildman–Crippen LogP) is 2.29. The number of aryl methyl sites for hydroxylation is 1. The third-order valence-electron chi connectivity index (χ3n) is 2.95. The lowest BCUT2D eigenvalue weighted by molar-refractivity contribution is -0.137. The Hall–Kier alpha value is -1.35. The van der Waals surface area contributed by atoms with Crippen LogP contribution in [0.3, 0.4) is 0 Å². The molecule has 16 heavy (non-hydrogen) atoms. The van der Waals surface area contributed by atoms with Crippen LogP contribution in [0.4, 0.5) is 0 Å². The number of benzene rings is 1. The molecular formula is C13H19NO2. The Labute approximate surface area is 96.3 Å². The molecule has 0 aromatic heterocycles. The molecule has 0 bridgehead atoms. The average molecular weight is 221 g/mol. The molecule has 0 aliphatic carbocycles. The van der Waals surface area contributed by atoms with Crippen molar-refractivity contribution in [2.45, 2.75) is 38.6 Å². The molecule has 0 amide bonds. The summed E-state index contributed by atoms with van der Waals surface area (Å²) in [5, 5.41) is 8.76. The summed E-state index contributed by atoms with van der Waals surface area (Å²) in [6.07, 6.45) is 0.881. The van der Waals surface area contributed by atoms with E-state index in [0.717, 1.165) is 6.42 Å². The van der Waals surface area contributed by atoms with Crippen LogP contribution < -0.4 is 5.73 Å². The maximum Gasteiger partial charge on any atom is 0.304 e. The molecule has 0 heterocycles. The van der Waals surface area contributed by atoms with Crippen molar-refractivity contribution in [3.63, 3.8) is 0 Å². The molecule has 3 heteroatoms. The maximum absolute atomic E-state index is 10.7. The molecule has 0 aliphatic heterocycles.